The predicted molar refractivity (Wildman–Crippen MR) is 137 cm³/mol. The molecule has 2 aromatic carbocycles. The third kappa shape index (κ3) is 5.52. The highest BCUT2D eigenvalue weighted by atomic mass is 79.9. The van der Waals surface area contributed by atoms with Crippen molar-refractivity contribution in [1.82, 2.24) is 0 Å². The zero-order chi connectivity index (χ0) is 24.3. The number of nitrogens with zero attached hydrogens (tertiary/aromatic N) is 2. The molecule has 1 amide bonds. The van der Waals surface area contributed by atoms with Gasteiger partial charge in [0.15, 0.2) is 33.1 Å². The number of amides is 1. The van der Waals surface area contributed by atoms with Crippen LogP contribution >= 0.6 is 27.7 Å². The number of halogens is 1. The Kier molecular flexibility index (Phi) is 7.73. The van der Waals surface area contributed by atoms with Gasteiger partial charge >= 0.3 is 0 Å². The molecule has 11 heteroatoms. The molecule has 2 heterocycles. The minimum atomic E-state index is -3.19. The Labute approximate surface area is 211 Å². The van der Waals surface area contributed by atoms with E-state index in [-0.39, 0.29) is 29.4 Å². The maximum absolute atomic E-state index is 12.7. The van der Waals surface area contributed by atoms with Crippen LogP contribution < -0.4 is 19.1 Å². The summed E-state index contributed by atoms with van der Waals surface area (Å²) >= 11 is 4.90. The van der Waals surface area contributed by atoms with Gasteiger partial charge in [-0.25, -0.2) is 8.42 Å². The Balaban J connectivity index is 1.67. The molecule has 0 N–H and O–H groups in total. The third-order valence-electron chi connectivity index (χ3n) is 5.26. The largest absolute Gasteiger partial charge is 0.490 e. The van der Waals surface area contributed by atoms with Crippen LogP contribution in [0.4, 0.5) is 5.69 Å². The number of aliphatic imine (C=N–C) groups is 1. The molecule has 0 bridgehead atoms. The van der Waals surface area contributed by atoms with Crippen LogP contribution in [0.15, 0.2) is 51.9 Å². The highest BCUT2D eigenvalue weighted by Gasteiger charge is 2.50. The molecule has 0 radical (unpaired) electrons. The van der Waals surface area contributed by atoms with Crippen molar-refractivity contribution >= 4 is 54.3 Å². The summed E-state index contributed by atoms with van der Waals surface area (Å²) < 4.78 is 42.5. The average molecular weight is 569 g/mol. The molecule has 34 heavy (non-hydrogen) atoms. The van der Waals surface area contributed by atoms with Crippen LogP contribution in [0.1, 0.15) is 13.8 Å². The molecule has 2 fully saturated rings. The van der Waals surface area contributed by atoms with Crippen LogP contribution in [-0.2, 0) is 14.6 Å². The fourth-order valence-electron chi connectivity index (χ4n) is 3.89. The van der Waals surface area contributed by atoms with Gasteiger partial charge < -0.3 is 19.1 Å². The molecule has 182 valence electrons. The molecule has 0 aromatic heterocycles. The highest BCUT2D eigenvalue weighted by Crippen LogP contribution is 2.46. The van der Waals surface area contributed by atoms with Crippen LogP contribution in [0.2, 0.25) is 0 Å². The van der Waals surface area contributed by atoms with Gasteiger partial charge in [0.1, 0.15) is 5.75 Å². The first kappa shape index (κ1) is 24.9. The van der Waals surface area contributed by atoms with Crippen LogP contribution in [0.5, 0.6) is 17.2 Å². The monoisotopic (exact) mass is 568 g/mol. The van der Waals surface area contributed by atoms with Crippen molar-refractivity contribution < 1.29 is 27.4 Å². The first-order valence-corrected chi connectivity index (χ1v) is 14.4. The van der Waals surface area contributed by atoms with E-state index in [0.717, 1.165) is 0 Å². The van der Waals surface area contributed by atoms with Gasteiger partial charge in [0, 0.05) is 21.9 Å². The summed E-state index contributed by atoms with van der Waals surface area (Å²) in [5.74, 6) is 1.27. The zero-order valence-electron chi connectivity index (χ0n) is 18.8. The lowest BCUT2D eigenvalue weighted by molar-refractivity contribution is -0.119. The number of hydrogen-bond donors (Lipinski definition) is 0. The fourth-order valence-corrected chi connectivity index (χ4v) is 8.33. The number of ether oxygens (including phenoxy) is 3. The lowest BCUT2D eigenvalue weighted by atomic mass is 10.2. The summed E-state index contributed by atoms with van der Waals surface area (Å²) in [7, 11) is -3.19. The van der Waals surface area contributed by atoms with Gasteiger partial charge in [-0.2, -0.15) is 4.99 Å². The van der Waals surface area contributed by atoms with Crippen molar-refractivity contribution in [2.24, 2.45) is 4.99 Å². The summed E-state index contributed by atoms with van der Waals surface area (Å²) in [5.41, 5.74) is 0.666. The van der Waals surface area contributed by atoms with Crippen molar-refractivity contribution in [2.45, 2.75) is 25.1 Å². The van der Waals surface area contributed by atoms with Gasteiger partial charge in [0.05, 0.1) is 36.4 Å². The number of hydrogen-bond acceptors (Lipinski definition) is 7. The van der Waals surface area contributed by atoms with E-state index in [1.807, 2.05) is 36.9 Å². The average Bonchev–Trinajstić information content (AvgIpc) is 3.26. The van der Waals surface area contributed by atoms with E-state index in [0.29, 0.717) is 45.8 Å². The summed E-state index contributed by atoms with van der Waals surface area (Å²) in [6, 6.07) is 12.3. The molecule has 2 unspecified atom stereocenters. The summed E-state index contributed by atoms with van der Waals surface area (Å²) in [5, 5.41) is 0.222. The molecule has 0 spiro atoms. The molecular weight excluding hydrogens is 544 g/mol. The van der Waals surface area contributed by atoms with E-state index >= 15 is 0 Å². The number of fused-ring (bicyclic) bond motifs is 1. The zero-order valence-corrected chi connectivity index (χ0v) is 22.0. The molecule has 4 rings (SSSR count). The smallest absolute Gasteiger partial charge is 0.285 e. The number of rotatable bonds is 8. The minimum Gasteiger partial charge on any atom is -0.490 e. The van der Waals surface area contributed by atoms with Gasteiger partial charge in [0.2, 0.25) is 0 Å². The van der Waals surface area contributed by atoms with Crippen molar-refractivity contribution in [3.05, 3.63) is 46.9 Å². The number of anilines is 1. The second kappa shape index (κ2) is 10.6. The van der Waals surface area contributed by atoms with Crippen LogP contribution in [-0.4, -0.2) is 62.1 Å². The van der Waals surface area contributed by atoms with Crippen LogP contribution in [0, 0.1) is 0 Å². The van der Waals surface area contributed by atoms with Crippen molar-refractivity contribution in [3.8, 4) is 17.2 Å². The Hall–Kier alpha value is -2.24. The first-order chi connectivity index (χ1) is 16.3. The number of benzene rings is 2. The minimum absolute atomic E-state index is 0.0119. The van der Waals surface area contributed by atoms with Crippen LogP contribution in [0.3, 0.4) is 0 Å². The van der Waals surface area contributed by atoms with Crippen molar-refractivity contribution in [3.63, 3.8) is 0 Å². The van der Waals surface area contributed by atoms with Gasteiger partial charge in [-0.05, 0) is 41.9 Å². The summed E-state index contributed by atoms with van der Waals surface area (Å²) in [6.07, 6.45) is 0. The molecule has 2 saturated heterocycles. The lowest BCUT2D eigenvalue weighted by Gasteiger charge is -2.27. The number of amidine groups is 1. The topological polar surface area (TPSA) is 94.5 Å². The molecular formula is C23H25BrN2O6S2. The number of carbonyl (C=O) groups excluding carboxylic acids is 1. The van der Waals surface area contributed by atoms with E-state index in [1.54, 1.807) is 24.3 Å². The SMILES string of the molecule is CCOc1cc(Br)c(N2C(=NC(=O)COc3ccccc3)SC3CS(=O)(=O)CC32)cc1OCC. The summed E-state index contributed by atoms with van der Waals surface area (Å²) in [4.78, 5) is 18.8. The Morgan fingerprint density at radius 1 is 1.09 bits per heavy atom. The van der Waals surface area contributed by atoms with Crippen molar-refractivity contribution in [2.75, 3.05) is 36.2 Å². The Bertz CT molecular complexity index is 1190. The second-order valence-corrected chi connectivity index (χ2v) is 11.9. The van der Waals surface area contributed by atoms with Gasteiger partial charge in [-0.1, -0.05) is 30.0 Å². The van der Waals surface area contributed by atoms with E-state index in [2.05, 4.69) is 20.9 Å². The van der Waals surface area contributed by atoms with E-state index < -0.39 is 15.7 Å². The lowest BCUT2D eigenvalue weighted by Crippen LogP contribution is -2.38. The maximum Gasteiger partial charge on any atom is 0.285 e. The van der Waals surface area contributed by atoms with Gasteiger partial charge in [-0.15, -0.1) is 0 Å². The van der Waals surface area contributed by atoms with Crippen molar-refractivity contribution in [1.29, 1.82) is 0 Å². The molecule has 2 aliphatic rings. The Morgan fingerprint density at radius 3 is 2.44 bits per heavy atom. The molecule has 0 aliphatic carbocycles. The second-order valence-electron chi connectivity index (χ2n) is 7.68. The number of sulfone groups is 1. The standard InChI is InChI=1S/C23H25BrN2O6S2/c1-3-30-19-10-16(24)17(11-20(19)31-4-2)26-18-13-34(28,29)14-21(18)33-23(26)25-22(27)12-32-15-8-6-5-7-9-15/h5-11,18,21H,3-4,12-14H2,1-2H3. The summed E-state index contributed by atoms with van der Waals surface area (Å²) in [6.45, 7) is 4.45. The van der Waals surface area contributed by atoms with E-state index in [1.165, 1.54) is 11.8 Å². The quantitative estimate of drug-likeness (QED) is 0.472. The molecule has 2 aliphatic heterocycles. The van der Waals surface area contributed by atoms with Crippen LogP contribution in [0.25, 0.3) is 0 Å². The third-order valence-corrected chi connectivity index (χ3v) is 9.11. The number of carbonyl (C=O) groups is 1. The predicted octanol–water partition coefficient (Wildman–Crippen LogP) is 3.93. The number of para-hydroxylation sites is 1. The van der Waals surface area contributed by atoms with E-state index in [9.17, 15) is 13.2 Å². The number of thioether (sulfide) groups is 1. The molecule has 8 nitrogen and oxygen atoms in total. The molecule has 0 saturated carbocycles. The fraction of sp³-hybridized carbons (Fsp3) is 0.391. The normalized spacial score (nSPS) is 22.0. The maximum atomic E-state index is 12.7. The van der Waals surface area contributed by atoms with Gasteiger partial charge in [0.25, 0.3) is 5.91 Å². The Morgan fingerprint density at radius 2 is 1.76 bits per heavy atom. The van der Waals surface area contributed by atoms with Gasteiger partial charge in [-0.3, -0.25) is 4.79 Å². The molecule has 2 aromatic rings. The highest BCUT2D eigenvalue weighted by molar-refractivity contribution is 9.10. The van der Waals surface area contributed by atoms with E-state index in [4.69, 9.17) is 14.2 Å². The first-order valence-electron chi connectivity index (χ1n) is 10.9. The molecule has 2 atom stereocenters.